The zero-order valence-corrected chi connectivity index (χ0v) is 10.2. The number of halogens is 1. The van der Waals surface area contributed by atoms with Crippen LogP contribution in [0.3, 0.4) is 0 Å². The highest BCUT2D eigenvalue weighted by molar-refractivity contribution is 6.18. The molecule has 2 unspecified atom stereocenters. The van der Waals surface area contributed by atoms with E-state index in [0.29, 0.717) is 23.3 Å². The Morgan fingerprint density at radius 1 is 1.75 bits per heavy atom. The minimum Gasteiger partial charge on any atom is -0.438 e. The van der Waals surface area contributed by atoms with Crippen LogP contribution in [-0.2, 0) is 0 Å². The fourth-order valence-corrected chi connectivity index (χ4v) is 2.60. The summed E-state index contributed by atoms with van der Waals surface area (Å²) in [5, 5.41) is 0. The molecule has 1 aliphatic heterocycles. The number of carbonyl (C=O) groups is 1. The van der Waals surface area contributed by atoms with Gasteiger partial charge in [0.25, 0.3) is 5.91 Å². The van der Waals surface area contributed by atoms with E-state index in [1.807, 2.05) is 0 Å². The number of aromatic nitrogens is 1. The zero-order chi connectivity index (χ0) is 11.7. The molecule has 0 saturated carbocycles. The summed E-state index contributed by atoms with van der Waals surface area (Å²) < 4.78 is 5.12. The molecule has 1 fully saturated rings. The van der Waals surface area contributed by atoms with Crippen LogP contribution >= 0.6 is 11.6 Å². The lowest BCUT2D eigenvalue weighted by Crippen LogP contribution is -2.38. The molecule has 16 heavy (non-hydrogen) atoms. The van der Waals surface area contributed by atoms with Gasteiger partial charge in [0.2, 0.25) is 5.76 Å². The van der Waals surface area contributed by atoms with Gasteiger partial charge in [-0.15, -0.1) is 11.6 Å². The van der Waals surface area contributed by atoms with Crippen molar-refractivity contribution in [1.29, 1.82) is 0 Å². The number of oxazole rings is 1. The number of hydrogen-bond donors (Lipinski definition) is 0. The molecule has 1 aromatic heterocycles. The maximum absolute atomic E-state index is 12.2. The Hall–Kier alpha value is -1.03. The first kappa shape index (κ1) is 11.5. The third-order valence-corrected chi connectivity index (χ3v) is 3.56. The Balaban J connectivity index is 2.20. The average Bonchev–Trinajstić information content (AvgIpc) is 2.83. The number of carbonyl (C=O) groups excluding carboxylic acids is 1. The molecule has 0 N–H and O–H groups in total. The molecule has 1 aliphatic rings. The SMILES string of the molecule is Cc1ncoc1C(=O)N1CCC(C)C1CCl. The highest BCUT2D eigenvalue weighted by atomic mass is 35.5. The zero-order valence-electron chi connectivity index (χ0n) is 9.44. The molecule has 1 saturated heterocycles. The minimum absolute atomic E-state index is 0.0926. The Morgan fingerprint density at radius 3 is 3.06 bits per heavy atom. The van der Waals surface area contributed by atoms with E-state index in [4.69, 9.17) is 16.0 Å². The van der Waals surface area contributed by atoms with E-state index >= 15 is 0 Å². The van der Waals surface area contributed by atoms with Crippen LogP contribution in [0.2, 0.25) is 0 Å². The normalized spacial score (nSPS) is 25.1. The summed E-state index contributed by atoms with van der Waals surface area (Å²) >= 11 is 5.90. The Kier molecular flexibility index (Phi) is 3.19. The molecular formula is C11H15ClN2O2. The van der Waals surface area contributed by atoms with E-state index in [1.54, 1.807) is 11.8 Å². The second-order valence-electron chi connectivity index (χ2n) is 4.25. The number of nitrogens with zero attached hydrogens (tertiary/aromatic N) is 2. The summed E-state index contributed by atoms with van der Waals surface area (Å²) in [6.07, 6.45) is 2.30. The van der Waals surface area contributed by atoms with Crippen molar-refractivity contribution in [3.63, 3.8) is 0 Å². The second-order valence-corrected chi connectivity index (χ2v) is 4.56. The molecule has 0 radical (unpaired) electrons. The van der Waals surface area contributed by atoms with Crippen molar-refractivity contribution < 1.29 is 9.21 Å². The molecule has 0 bridgehead atoms. The number of alkyl halides is 1. The minimum atomic E-state index is -0.0926. The van der Waals surface area contributed by atoms with Gasteiger partial charge in [0, 0.05) is 18.5 Å². The summed E-state index contributed by atoms with van der Waals surface area (Å²) in [6, 6.07) is 0.110. The molecule has 1 aromatic rings. The average molecular weight is 243 g/mol. The third kappa shape index (κ3) is 1.82. The first-order valence-corrected chi connectivity index (χ1v) is 5.95. The highest BCUT2D eigenvalue weighted by Gasteiger charge is 2.35. The number of hydrogen-bond acceptors (Lipinski definition) is 3. The van der Waals surface area contributed by atoms with Crippen molar-refractivity contribution in [2.24, 2.45) is 5.92 Å². The van der Waals surface area contributed by atoms with Crippen molar-refractivity contribution in [1.82, 2.24) is 9.88 Å². The lowest BCUT2D eigenvalue weighted by molar-refractivity contribution is 0.0703. The van der Waals surface area contributed by atoms with E-state index < -0.39 is 0 Å². The number of aryl methyl sites for hydroxylation is 1. The van der Waals surface area contributed by atoms with Gasteiger partial charge in [-0.3, -0.25) is 4.79 Å². The van der Waals surface area contributed by atoms with Crippen molar-refractivity contribution in [2.75, 3.05) is 12.4 Å². The maximum Gasteiger partial charge on any atom is 0.291 e. The molecular weight excluding hydrogens is 228 g/mol. The van der Waals surface area contributed by atoms with E-state index in [0.717, 1.165) is 13.0 Å². The van der Waals surface area contributed by atoms with Gasteiger partial charge in [-0.25, -0.2) is 4.98 Å². The number of rotatable bonds is 2. The molecule has 2 atom stereocenters. The van der Waals surface area contributed by atoms with Crippen LogP contribution < -0.4 is 0 Å². The van der Waals surface area contributed by atoms with E-state index in [1.165, 1.54) is 6.39 Å². The first-order chi connectivity index (χ1) is 7.65. The van der Waals surface area contributed by atoms with Crippen LogP contribution in [0.25, 0.3) is 0 Å². The molecule has 2 rings (SSSR count). The monoisotopic (exact) mass is 242 g/mol. The van der Waals surface area contributed by atoms with E-state index in [-0.39, 0.29) is 11.9 Å². The quantitative estimate of drug-likeness (QED) is 0.746. The number of likely N-dealkylation sites (tertiary alicyclic amines) is 1. The van der Waals surface area contributed by atoms with E-state index in [9.17, 15) is 4.79 Å². The first-order valence-electron chi connectivity index (χ1n) is 5.42. The summed E-state index contributed by atoms with van der Waals surface area (Å²) in [5.74, 6) is 1.17. The summed E-state index contributed by atoms with van der Waals surface area (Å²) in [5.41, 5.74) is 0.637. The smallest absolute Gasteiger partial charge is 0.291 e. The van der Waals surface area contributed by atoms with Gasteiger partial charge in [-0.05, 0) is 19.3 Å². The van der Waals surface area contributed by atoms with Gasteiger partial charge in [-0.1, -0.05) is 6.92 Å². The molecule has 4 nitrogen and oxygen atoms in total. The topological polar surface area (TPSA) is 46.3 Å². The lowest BCUT2D eigenvalue weighted by Gasteiger charge is -2.24. The largest absolute Gasteiger partial charge is 0.438 e. The fourth-order valence-electron chi connectivity index (χ4n) is 2.13. The van der Waals surface area contributed by atoms with Crippen molar-refractivity contribution in [2.45, 2.75) is 26.3 Å². The van der Waals surface area contributed by atoms with Crippen molar-refractivity contribution in [3.8, 4) is 0 Å². The molecule has 0 spiro atoms. The van der Waals surface area contributed by atoms with Crippen LogP contribution in [0.1, 0.15) is 29.6 Å². The van der Waals surface area contributed by atoms with Crippen molar-refractivity contribution >= 4 is 17.5 Å². The standard InChI is InChI=1S/C11H15ClN2O2/c1-7-3-4-14(9(7)5-12)11(15)10-8(2)13-6-16-10/h6-7,9H,3-5H2,1-2H3. The Bertz CT molecular complexity index is 391. The lowest BCUT2D eigenvalue weighted by atomic mass is 10.1. The maximum atomic E-state index is 12.2. The highest BCUT2D eigenvalue weighted by Crippen LogP contribution is 2.27. The molecule has 0 aromatic carbocycles. The van der Waals surface area contributed by atoms with Gasteiger partial charge in [0.05, 0.1) is 5.69 Å². The molecule has 0 aliphatic carbocycles. The molecule has 5 heteroatoms. The van der Waals surface area contributed by atoms with E-state index in [2.05, 4.69) is 11.9 Å². The Morgan fingerprint density at radius 2 is 2.50 bits per heavy atom. The predicted octanol–water partition coefficient (Wildman–Crippen LogP) is 2.07. The van der Waals surface area contributed by atoms with Gasteiger partial charge in [0.1, 0.15) is 0 Å². The Labute approximate surface area is 99.6 Å². The second kappa shape index (κ2) is 4.45. The van der Waals surface area contributed by atoms with Crippen LogP contribution in [0.4, 0.5) is 0 Å². The van der Waals surface area contributed by atoms with Crippen LogP contribution in [0.15, 0.2) is 10.8 Å². The fraction of sp³-hybridized carbons (Fsp3) is 0.636. The van der Waals surface area contributed by atoms with Crippen LogP contribution in [-0.4, -0.2) is 34.3 Å². The molecule has 2 heterocycles. The third-order valence-electron chi connectivity index (χ3n) is 3.24. The van der Waals surface area contributed by atoms with Gasteiger partial charge >= 0.3 is 0 Å². The predicted molar refractivity (Wildman–Crippen MR) is 60.6 cm³/mol. The summed E-state index contributed by atoms with van der Waals surface area (Å²) in [6.45, 7) is 4.64. The molecule has 88 valence electrons. The van der Waals surface area contributed by atoms with Gasteiger partial charge in [0.15, 0.2) is 6.39 Å². The van der Waals surface area contributed by atoms with Crippen LogP contribution in [0.5, 0.6) is 0 Å². The number of amides is 1. The molecule has 1 amide bonds. The van der Waals surface area contributed by atoms with Gasteiger partial charge < -0.3 is 9.32 Å². The van der Waals surface area contributed by atoms with Crippen molar-refractivity contribution in [3.05, 3.63) is 17.8 Å². The van der Waals surface area contributed by atoms with Gasteiger partial charge in [-0.2, -0.15) is 0 Å². The van der Waals surface area contributed by atoms with Crippen LogP contribution in [0, 0.1) is 12.8 Å². The summed E-state index contributed by atoms with van der Waals surface area (Å²) in [7, 11) is 0. The summed E-state index contributed by atoms with van der Waals surface area (Å²) in [4.78, 5) is 17.9.